The summed E-state index contributed by atoms with van der Waals surface area (Å²) in [6, 6.07) is 1.10. The molecule has 1 amide bonds. The van der Waals surface area contributed by atoms with Crippen molar-refractivity contribution in [1.29, 1.82) is 0 Å². The van der Waals surface area contributed by atoms with Gasteiger partial charge in [0.2, 0.25) is 0 Å². The second-order valence-corrected chi connectivity index (χ2v) is 5.14. The Kier molecular flexibility index (Phi) is 5.77. The molecule has 0 aliphatic rings. The third kappa shape index (κ3) is 4.78. The zero-order valence-electron chi connectivity index (χ0n) is 10.9. The maximum Gasteiger partial charge on any atom is 0.303 e. The Bertz CT molecular complexity index is 593. The van der Waals surface area contributed by atoms with Crippen LogP contribution in [0.25, 0.3) is 0 Å². The number of hydrogen-bond acceptors (Lipinski definition) is 4. The Morgan fingerprint density at radius 3 is 2.67 bits per heavy atom. The van der Waals surface area contributed by atoms with Crippen LogP contribution in [0.15, 0.2) is 16.6 Å². The van der Waals surface area contributed by atoms with Gasteiger partial charge in [-0.2, -0.15) is 0 Å². The van der Waals surface area contributed by atoms with Gasteiger partial charge in [0.1, 0.15) is 10.3 Å². The summed E-state index contributed by atoms with van der Waals surface area (Å²) in [5.74, 6) is -2.63. The molecule has 1 rings (SSSR count). The number of carboxylic acid groups (broad SMARTS) is 1. The molecule has 0 heterocycles. The predicted molar refractivity (Wildman–Crippen MR) is 74.6 cm³/mol. The SMILES string of the molecule is CC(CCC(=O)O)NC(=O)c1cc(F)cc([N+](=O)[O-])c1Br. The number of carboxylic acids is 1. The maximum atomic E-state index is 13.3. The lowest BCUT2D eigenvalue weighted by Gasteiger charge is -2.13. The largest absolute Gasteiger partial charge is 0.481 e. The molecule has 0 aliphatic heterocycles. The van der Waals surface area contributed by atoms with E-state index < -0.39 is 34.3 Å². The van der Waals surface area contributed by atoms with E-state index in [1.54, 1.807) is 6.92 Å². The molecule has 114 valence electrons. The van der Waals surface area contributed by atoms with Gasteiger partial charge in [-0.15, -0.1) is 0 Å². The van der Waals surface area contributed by atoms with Crippen LogP contribution in [0.1, 0.15) is 30.1 Å². The molecule has 0 aromatic heterocycles. The van der Waals surface area contributed by atoms with Crippen molar-refractivity contribution in [3.05, 3.63) is 38.1 Å². The van der Waals surface area contributed by atoms with Crippen LogP contribution >= 0.6 is 15.9 Å². The first-order chi connectivity index (χ1) is 9.72. The number of carbonyl (C=O) groups excluding carboxylic acids is 1. The van der Waals surface area contributed by atoms with Gasteiger partial charge >= 0.3 is 5.97 Å². The first-order valence-corrected chi connectivity index (χ1v) is 6.67. The van der Waals surface area contributed by atoms with Gasteiger partial charge in [-0.05, 0) is 35.3 Å². The molecule has 7 nitrogen and oxygen atoms in total. The fourth-order valence-electron chi connectivity index (χ4n) is 1.59. The number of halogens is 2. The Balaban J connectivity index is 2.92. The normalized spacial score (nSPS) is 11.8. The molecule has 0 spiro atoms. The van der Waals surface area contributed by atoms with Gasteiger partial charge in [0.15, 0.2) is 0 Å². The van der Waals surface area contributed by atoms with Crippen LogP contribution in [0, 0.1) is 15.9 Å². The third-order valence-corrected chi connectivity index (χ3v) is 3.46. The van der Waals surface area contributed by atoms with Crippen LogP contribution in [-0.4, -0.2) is 27.9 Å². The second kappa shape index (κ2) is 7.11. The van der Waals surface area contributed by atoms with Crippen LogP contribution < -0.4 is 5.32 Å². The van der Waals surface area contributed by atoms with Gasteiger partial charge in [-0.3, -0.25) is 19.7 Å². The van der Waals surface area contributed by atoms with E-state index in [-0.39, 0.29) is 22.9 Å². The van der Waals surface area contributed by atoms with E-state index in [9.17, 15) is 24.1 Å². The average Bonchev–Trinajstić information content (AvgIpc) is 2.38. The third-order valence-electron chi connectivity index (χ3n) is 2.63. The molecular weight excluding hydrogens is 351 g/mol. The summed E-state index contributed by atoms with van der Waals surface area (Å²) in [6.07, 6.45) is 0.0576. The van der Waals surface area contributed by atoms with Crippen molar-refractivity contribution in [2.45, 2.75) is 25.8 Å². The molecule has 0 aliphatic carbocycles. The molecule has 1 unspecified atom stereocenters. The summed E-state index contributed by atoms with van der Waals surface area (Å²) in [4.78, 5) is 32.4. The van der Waals surface area contributed by atoms with Crippen molar-refractivity contribution >= 4 is 33.5 Å². The zero-order valence-corrected chi connectivity index (χ0v) is 12.5. The first kappa shape index (κ1) is 17.0. The Hall–Kier alpha value is -2.03. The van der Waals surface area contributed by atoms with E-state index in [2.05, 4.69) is 21.2 Å². The van der Waals surface area contributed by atoms with Gasteiger partial charge in [-0.25, -0.2) is 4.39 Å². The number of benzene rings is 1. The molecule has 0 saturated heterocycles. The highest BCUT2D eigenvalue weighted by Gasteiger charge is 2.23. The second-order valence-electron chi connectivity index (χ2n) is 4.35. The average molecular weight is 363 g/mol. The number of hydrogen-bond donors (Lipinski definition) is 2. The summed E-state index contributed by atoms with van der Waals surface area (Å²) < 4.78 is 13.2. The number of rotatable bonds is 6. The van der Waals surface area contributed by atoms with Crippen LogP contribution in [0.4, 0.5) is 10.1 Å². The van der Waals surface area contributed by atoms with Crippen LogP contribution in [0.3, 0.4) is 0 Å². The predicted octanol–water partition coefficient (Wildman–Crippen LogP) is 2.48. The molecule has 9 heteroatoms. The van der Waals surface area contributed by atoms with Gasteiger partial charge in [0.05, 0.1) is 16.6 Å². The molecule has 1 aromatic carbocycles. The van der Waals surface area contributed by atoms with Crippen molar-refractivity contribution < 1.29 is 24.0 Å². The number of nitro benzene ring substituents is 1. The number of amides is 1. The van der Waals surface area contributed by atoms with Crippen LogP contribution in [0.2, 0.25) is 0 Å². The van der Waals surface area contributed by atoms with Crippen LogP contribution in [-0.2, 0) is 4.79 Å². The fraction of sp³-hybridized carbons (Fsp3) is 0.333. The lowest BCUT2D eigenvalue weighted by Crippen LogP contribution is -2.33. The van der Waals surface area contributed by atoms with Gasteiger partial charge in [0, 0.05) is 12.5 Å². The Morgan fingerprint density at radius 2 is 2.14 bits per heavy atom. The maximum absolute atomic E-state index is 13.3. The lowest BCUT2D eigenvalue weighted by atomic mass is 10.1. The highest BCUT2D eigenvalue weighted by molar-refractivity contribution is 9.10. The molecule has 0 bridgehead atoms. The van der Waals surface area contributed by atoms with Gasteiger partial charge < -0.3 is 10.4 Å². The molecule has 2 N–H and O–H groups in total. The quantitative estimate of drug-likeness (QED) is 0.596. The van der Waals surface area contributed by atoms with E-state index in [1.165, 1.54) is 0 Å². The molecule has 0 saturated carbocycles. The van der Waals surface area contributed by atoms with Crippen molar-refractivity contribution in [1.82, 2.24) is 5.32 Å². The molecule has 0 fully saturated rings. The van der Waals surface area contributed by atoms with Gasteiger partial charge in [0.25, 0.3) is 11.6 Å². The minimum Gasteiger partial charge on any atom is -0.481 e. The van der Waals surface area contributed by atoms with E-state index in [0.29, 0.717) is 6.07 Å². The molecular formula is C12H12BrFN2O5. The summed E-state index contributed by atoms with van der Waals surface area (Å²) in [5, 5.41) is 21.8. The number of carbonyl (C=O) groups is 2. The lowest BCUT2D eigenvalue weighted by molar-refractivity contribution is -0.385. The summed E-state index contributed by atoms with van der Waals surface area (Å²) >= 11 is 2.91. The standard InChI is InChI=1S/C12H12BrFN2O5/c1-6(2-3-10(17)18)15-12(19)8-4-7(14)5-9(11(8)13)16(20)21/h4-6H,2-3H2,1H3,(H,15,19)(H,17,18). The summed E-state index contributed by atoms with van der Waals surface area (Å²) in [6.45, 7) is 1.59. The molecule has 21 heavy (non-hydrogen) atoms. The molecule has 1 atom stereocenters. The van der Waals surface area contributed by atoms with Crippen molar-refractivity contribution in [3.63, 3.8) is 0 Å². The van der Waals surface area contributed by atoms with E-state index in [0.717, 1.165) is 6.07 Å². The number of nitro groups is 1. The number of nitrogens with one attached hydrogen (secondary N) is 1. The van der Waals surface area contributed by atoms with E-state index in [1.807, 2.05) is 0 Å². The van der Waals surface area contributed by atoms with E-state index in [4.69, 9.17) is 5.11 Å². The summed E-state index contributed by atoms with van der Waals surface area (Å²) in [7, 11) is 0. The molecule has 1 aromatic rings. The van der Waals surface area contributed by atoms with Crippen molar-refractivity contribution in [2.75, 3.05) is 0 Å². The highest BCUT2D eigenvalue weighted by atomic mass is 79.9. The molecule has 0 radical (unpaired) electrons. The van der Waals surface area contributed by atoms with Crippen molar-refractivity contribution in [3.8, 4) is 0 Å². The Labute approximate surface area is 127 Å². The highest BCUT2D eigenvalue weighted by Crippen LogP contribution is 2.29. The summed E-state index contributed by atoms with van der Waals surface area (Å²) in [5.41, 5.74) is -0.776. The minimum absolute atomic E-state index is 0.128. The van der Waals surface area contributed by atoms with E-state index >= 15 is 0 Å². The minimum atomic E-state index is -1.00. The Morgan fingerprint density at radius 1 is 1.52 bits per heavy atom. The first-order valence-electron chi connectivity index (χ1n) is 5.88. The fourth-order valence-corrected chi connectivity index (χ4v) is 2.14. The smallest absolute Gasteiger partial charge is 0.303 e. The zero-order chi connectivity index (χ0) is 16.2. The number of nitrogens with zero attached hydrogens (tertiary/aromatic N) is 1. The number of aliphatic carboxylic acids is 1. The topological polar surface area (TPSA) is 110 Å². The van der Waals surface area contributed by atoms with Crippen LogP contribution in [0.5, 0.6) is 0 Å². The van der Waals surface area contributed by atoms with Crippen molar-refractivity contribution in [2.24, 2.45) is 0 Å². The van der Waals surface area contributed by atoms with Gasteiger partial charge in [-0.1, -0.05) is 0 Å². The monoisotopic (exact) mass is 362 g/mol.